The van der Waals surface area contributed by atoms with Crippen LogP contribution in [0.15, 0.2) is 0 Å². The minimum absolute atomic E-state index is 0.0753. The van der Waals surface area contributed by atoms with Gasteiger partial charge in [0.05, 0.1) is 12.5 Å². The van der Waals surface area contributed by atoms with Gasteiger partial charge in [0.15, 0.2) is 0 Å². The second-order valence-electron chi connectivity index (χ2n) is 4.92. The van der Waals surface area contributed by atoms with Crippen LogP contribution in [0.25, 0.3) is 0 Å². The van der Waals surface area contributed by atoms with Crippen LogP contribution >= 0.6 is 0 Å². The molecule has 2 rings (SSSR count). The fourth-order valence-corrected chi connectivity index (χ4v) is 2.68. The number of nitrogens with zero attached hydrogens (tertiary/aromatic N) is 2. The van der Waals surface area contributed by atoms with Crippen LogP contribution in [0.3, 0.4) is 0 Å². The molecule has 2 saturated heterocycles. The van der Waals surface area contributed by atoms with Crippen LogP contribution in [0.1, 0.15) is 19.3 Å². The van der Waals surface area contributed by atoms with Crippen molar-refractivity contribution in [3.8, 4) is 0 Å². The maximum Gasteiger partial charge on any atom is 0.225 e. The van der Waals surface area contributed by atoms with Gasteiger partial charge in [0.25, 0.3) is 0 Å². The fraction of sp³-hybridized carbons (Fsp3) is 0.833. The summed E-state index contributed by atoms with van der Waals surface area (Å²) in [6.07, 6.45) is 1.61. The highest BCUT2D eigenvalue weighted by Crippen LogP contribution is 2.23. The Morgan fingerprint density at radius 3 is 3.00 bits per heavy atom. The lowest BCUT2D eigenvalue weighted by atomic mass is 10.1. The van der Waals surface area contributed by atoms with Gasteiger partial charge in [0, 0.05) is 45.8 Å². The number of carbonyl (C=O) groups is 2. The molecule has 0 bridgehead atoms. The topological polar surface area (TPSA) is 75.9 Å². The van der Waals surface area contributed by atoms with Gasteiger partial charge < -0.3 is 20.3 Å². The van der Waals surface area contributed by atoms with E-state index < -0.39 is 0 Å². The Hall–Kier alpha value is -1.14. The number of ether oxygens (including phenoxy) is 1. The standard InChI is InChI=1S/C12H21N3O3/c1-18-10(7-13)6-12(17)14-4-5-15-9(8-14)2-3-11(15)16/h9-10H,2-8,13H2,1H3. The number of rotatable bonds is 4. The number of amides is 2. The van der Waals surface area contributed by atoms with Crippen LogP contribution in [0.2, 0.25) is 0 Å². The van der Waals surface area contributed by atoms with E-state index in [1.54, 1.807) is 7.11 Å². The van der Waals surface area contributed by atoms with E-state index in [9.17, 15) is 9.59 Å². The molecule has 2 unspecified atom stereocenters. The van der Waals surface area contributed by atoms with Crippen LogP contribution in [0, 0.1) is 0 Å². The van der Waals surface area contributed by atoms with Gasteiger partial charge in [0.1, 0.15) is 0 Å². The molecule has 2 N–H and O–H groups in total. The zero-order chi connectivity index (χ0) is 13.1. The van der Waals surface area contributed by atoms with Crippen molar-refractivity contribution >= 4 is 11.8 Å². The third kappa shape index (κ3) is 2.64. The van der Waals surface area contributed by atoms with Gasteiger partial charge in [0.2, 0.25) is 11.8 Å². The van der Waals surface area contributed by atoms with E-state index in [0.29, 0.717) is 39.0 Å². The van der Waals surface area contributed by atoms with Crippen LogP contribution in [0.5, 0.6) is 0 Å². The van der Waals surface area contributed by atoms with Gasteiger partial charge in [-0.05, 0) is 6.42 Å². The summed E-state index contributed by atoms with van der Waals surface area (Å²) in [6, 6.07) is 0.217. The van der Waals surface area contributed by atoms with E-state index in [-0.39, 0.29) is 24.0 Å². The first-order valence-electron chi connectivity index (χ1n) is 6.45. The molecule has 2 atom stereocenters. The molecule has 6 heteroatoms. The summed E-state index contributed by atoms with van der Waals surface area (Å²) < 4.78 is 5.13. The van der Waals surface area contributed by atoms with Gasteiger partial charge in [-0.3, -0.25) is 9.59 Å². The minimum atomic E-state index is -0.208. The van der Waals surface area contributed by atoms with Crippen molar-refractivity contribution in [2.75, 3.05) is 33.3 Å². The zero-order valence-electron chi connectivity index (χ0n) is 10.8. The van der Waals surface area contributed by atoms with Gasteiger partial charge in [-0.25, -0.2) is 0 Å². The number of carbonyl (C=O) groups excluding carboxylic acids is 2. The van der Waals surface area contributed by atoms with E-state index in [0.717, 1.165) is 6.42 Å². The molecule has 18 heavy (non-hydrogen) atoms. The Bertz CT molecular complexity index is 331. The van der Waals surface area contributed by atoms with Crippen molar-refractivity contribution in [1.29, 1.82) is 0 Å². The van der Waals surface area contributed by atoms with E-state index >= 15 is 0 Å². The van der Waals surface area contributed by atoms with E-state index in [1.165, 1.54) is 0 Å². The van der Waals surface area contributed by atoms with Crippen molar-refractivity contribution in [2.24, 2.45) is 5.73 Å². The highest BCUT2D eigenvalue weighted by molar-refractivity contribution is 5.80. The summed E-state index contributed by atoms with van der Waals surface area (Å²) >= 11 is 0. The highest BCUT2D eigenvalue weighted by Gasteiger charge is 2.36. The molecule has 0 spiro atoms. The third-order valence-electron chi connectivity index (χ3n) is 3.85. The predicted octanol–water partition coefficient (Wildman–Crippen LogP) is -0.817. The Morgan fingerprint density at radius 1 is 1.56 bits per heavy atom. The zero-order valence-corrected chi connectivity index (χ0v) is 10.8. The van der Waals surface area contributed by atoms with Crippen LogP contribution in [-0.4, -0.2) is 67.0 Å². The molecule has 0 aromatic heterocycles. The van der Waals surface area contributed by atoms with Crippen molar-refractivity contribution in [3.63, 3.8) is 0 Å². The quantitative estimate of drug-likeness (QED) is 0.712. The number of nitrogens with two attached hydrogens (primary N) is 1. The Balaban J connectivity index is 1.87. The van der Waals surface area contributed by atoms with Crippen molar-refractivity contribution in [1.82, 2.24) is 9.80 Å². The largest absolute Gasteiger partial charge is 0.380 e. The molecule has 2 fully saturated rings. The summed E-state index contributed by atoms with van der Waals surface area (Å²) in [5.41, 5.74) is 5.52. The minimum Gasteiger partial charge on any atom is -0.380 e. The molecule has 0 aromatic carbocycles. The number of methoxy groups -OCH3 is 1. The number of hydrogen-bond donors (Lipinski definition) is 1. The van der Waals surface area contributed by atoms with Crippen molar-refractivity contribution < 1.29 is 14.3 Å². The summed E-state index contributed by atoms with van der Waals surface area (Å²) in [5.74, 6) is 0.301. The predicted molar refractivity (Wildman–Crippen MR) is 65.8 cm³/mol. The lowest BCUT2D eigenvalue weighted by Crippen LogP contribution is -2.53. The summed E-state index contributed by atoms with van der Waals surface area (Å²) in [7, 11) is 1.57. The Kier molecular flexibility index (Phi) is 4.19. The smallest absolute Gasteiger partial charge is 0.225 e. The summed E-state index contributed by atoms with van der Waals surface area (Å²) in [6.45, 7) is 2.30. The normalized spacial score (nSPS) is 25.2. The average molecular weight is 255 g/mol. The number of piperazine rings is 1. The molecular formula is C12H21N3O3. The maximum atomic E-state index is 12.1. The second kappa shape index (κ2) is 5.67. The van der Waals surface area contributed by atoms with Gasteiger partial charge >= 0.3 is 0 Å². The molecule has 0 aromatic rings. The van der Waals surface area contributed by atoms with Crippen molar-refractivity contribution in [3.05, 3.63) is 0 Å². The molecule has 102 valence electrons. The SMILES string of the molecule is COC(CN)CC(=O)N1CCN2C(=O)CCC2C1. The molecule has 2 heterocycles. The molecule has 0 aliphatic carbocycles. The van der Waals surface area contributed by atoms with E-state index in [2.05, 4.69) is 0 Å². The van der Waals surface area contributed by atoms with E-state index in [4.69, 9.17) is 10.5 Å². The second-order valence-corrected chi connectivity index (χ2v) is 4.92. The lowest BCUT2D eigenvalue weighted by molar-refractivity contribution is -0.140. The molecule has 0 saturated carbocycles. The summed E-state index contributed by atoms with van der Waals surface area (Å²) in [5, 5.41) is 0. The molecule has 0 radical (unpaired) electrons. The number of fused-ring (bicyclic) bond motifs is 1. The van der Waals surface area contributed by atoms with Crippen molar-refractivity contribution in [2.45, 2.75) is 31.4 Å². The highest BCUT2D eigenvalue weighted by atomic mass is 16.5. The van der Waals surface area contributed by atoms with Gasteiger partial charge in [-0.15, -0.1) is 0 Å². The maximum absolute atomic E-state index is 12.1. The molecular weight excluding hydrogens is 234 g/mol. The molecule has 2 aliphatic rings. The van der Waals surface area contributed by atoms with Crippen LogP contribution in [0.4, 0.5) is 0 Å². The first-order chi connectivity index (χ1) is 8.65. The number of hydrogen-bond acceptors (Lipinski definition) is 4. The Morgan fingerprint density at radius 2 is 2.33 bits per heavy atom. The van der Waals surface area contributed by atoms with Gasteiger partial charge in [-0.2, -0.15) is 0 Å². The molecule has 2 aliphatic heterocycles. The summed E-state index contributed by atoms with van der Waals surface area (Å²) in [4.78, 5) is 27.4. The lowest BCUT2D eigenvalue weighted by Gasteiger charge is -2.38. The van der Waals surface area contributed by atoms with E-state index in [1.807, 2.05) is 9.80 Å². The van der Waals surface area contributed by atoms with Crippen LogP contribution < -0.4 is 5.73 Å². The molecule has 2 amide bonds. The third-order valence-corrected chi connectivity index (χ3v) is 3.85. The molecule has 6 nitrogen and oxygen atoms in total. The average Bonchev–Trinajstić information content (AvgIpc) is 2.77. The first-order valence-corrected chi connectivity index (χ1v) is 6.45. The Labute approximate surface area is 107 Å². The monoisotopic (exact) mass is 255 g/mol. The van der Waals surface area contributed by atoms with Gasteiger partial charge in [-0.1, -0.05) is 0 Å². The van der Waals surface area contributed by atoms with Crippen LogP contribution in [-0.2, 0) is 14.3 Å². The first kappa shape index (κ1) is 13.3. The fourth-order valence-electron chi connectivity index (χ4n) is 2.68.